The average molecular weight is 561 g/mol. The number of amides is 1. The van der Waals surface area contributed by atoms with Crippen molar-refractivity contribution >= 4 is 27.5 Å². The lowest BCUT2D eigenvalue weighted by Gasteiger charge is -2.27. The highest BCUT2D eigenvalue weighted by molar-refractivity contribution is 7.89. The highest BCUT2D eigenvalue weighted by Crippen LogP contribution is 2.35. The highest BCUT2D eigenvalue weighted by atomic mass is 35.5. The minimum absolute atomic E-state index is 0.0239. The van der Waals surface area contributed by atoms with E-state index in [-0.39, 0.29) is 34.6 Å². The molecule has 1 fully saturated rings. The van der Waals surface area contributed by atoms with Crippen molar-refractivity contribution in [1.82, 2.24) is 29.4 Å². The Kier molecular flexibility index (Phi) is 7.27. The van der Waals surface area contributed by atoms with E-state index >= 15 is 0 Å². The van der Waals surface area contributed by atoms with Gasteiger partial charge in [-0.3, -0.25) is 4.79 Å². The zero-order valence-corrected chi connectivity index (χ0v) is 21.0. The largest absolute Gasteiger partial charge is 0.451 e. The molecular formula is C22H21ClF4N6O3S. The van der Waals surface area contributed by atoms with E-state index in [2.05, 4.69) is 20.4 Å². The van der Waals surface area contributed by atoms with E-state index in [1.807, 2.05) is 6.92 Å². The van der Waals surface area contributed by atoms with Crippen LogP contribution in [-0.2, 0) is 27.5 Å². The third-order valence-electron chi connectivity index (χ3n) is 6.17. The summed E-state index contributed by atoms with van der Waals surface area (Å²) in [6.07, 6.45) is -1.17. The fourth-order valence-electron chi connectivity index (χ4n) is 4.05. The Morgan fingerprint density at radius 1 is 1.16 bits per heavy atom. The molecule has 1 aromatic carbocycles. The van der Waals surface area contributed by atoms with E-state index in [0.717, 1.165) is 45.6 Å². The van der Waals surface area contributed by atoms with Gasteiger partial charge in [0.2, 0.25) is 21.8 Å². The fraction of sp³-hybridized carbons (Fsp3) is 0.364. The molecule has 3 atom stereocenters. The van der Waals surface area contributed by atoms with Crippen molar-refractivity contribution < 1.29 is 30.8 Å². The Morgan fingerprint density at radius 3 is 2.38 bits per heavy atom. The number of nitrogens with one attached hydrogen (secondary N) is 1. The van der Waals surface area contributed by atoms with Crippen LogP contribution >= 0.6 is 11.6 Å². The molecule has 9 nitrogen and oxygen atoms in total. The van der Waals surface area contributed by atoms with Crippen LogP contribution in [0, 0.1) is 11.7 Å². The summed E-state index contributed by atoms with van der Waals surface area (Å²) in [7, 11) is -4.10. The van der Waals surface area contributed by atoms with Gasteiger partial charge in [0, 0.05) is 24.3 Å². The zero-order valence-electron chi connectivity index (χ0n) is 19.4. The van der Waals surface area contributed by atoms with Gasteiger partial charge in [0.15, 0.2) is 5.15 Å². The minimum Gasteiger partial charge on any atom is -0.350 e. The minimum atomic E-state index is -4.69. The summed E-state index contributed by atoms with van der Waals surface area (Å²) in [4.78, 5) is 19.5. The van der Waals surface area contributed by atoms with E-state index in [4.69, 9.17) is 11.6 Å². The molecule has 1 aliphatic rings. The van der Waals surface area contributed by atoms with Crippen LogP contribution in [0.15, 0.2) is 47.8 Å². The molecule has 4 rings (SSSR count). The standard InChI is InChI=1S/C22H21ClF4N6O3S/c1-12-7-18(33(13(12)2)37(35,36)17-5-3-15(24)4-6-17)20(34)28-8-14-11-32(31-19(14)23)16-9-29-21(30-10-16)22(25,26)27/h3-6,9-13,18H,7-8H2,1-2H3,(H,28,34)/t12-,13+,18+/m1/s1. The molecule has 0 aliphatic carbocycles. The first-order valence-electron chi connectivity index (χ1n) is 11.0. The number of benzene rings is 1. The van der Waals surface area contributed by atoms with Crippen LogP contribution in [-0.4, -0.2) is 50.5 Å². The number of carbonyl (C=O) groups is 1. The molecule has 3 heterocycles. The molecule has 3 aromatic rings. The quantitative estimate of drug-likeness (QED) is 0.462. The van der Waals surface area contributed by atoms with E-state index in [1.54, 1.807) is 6.92 Å². The predicted molar refractivity (Wildman–Crippen MR) is 123 cm³/mol. The van der Waals surface area contributed by atoms with Crippen molar-refractivity contribution in [3.8, 4) is 5.69 Å². The zero-order chi connectivity index (χ0) is 27.1. The normalized spacial score (nSPS) is 20.8. The summed E-state index contributed by atoms with van der Waals surface area (Å²) >= 11 is 6.14. The number of hydrogen-bond donors (Lipinski definition) is 1. The van der Waals surface area contributed by atoms with Crippen LogP contribution < -0.4 is 5.32 Å². The van der Waals surface area contributed by atoms with Crippen LogP contribution in [0.2, 0.25) is 5.15 Å². The van der Waals surface area contributed by atoms with Crippen LogP contribution in [0.3, 0.4) is 0 Å². The van der Waals surface area contributed by atoms with Gasteiger partial charge in [-0.25, -0.2) is 27.5 Å². The first kappa shape index (κ1) is 26.9. The first-order valence-corrected chi connectivity index (χ1v) is 12.8. The van der Waals surface area contributed by atoms with Crippen LogP contribution in [0.25, 0.3) is 5.69 Å². The molecule has 0 spiro atoms. The molecule has 15 heteroatoms. The Hall–Kier alpha value is -3.10. The molecule has 0 unspecified atom stereocenters. The molecule has 1 saturated heterocycles. The number of alkyl halides is 3. The Morgan fingerprint density at radius 2 is 1.78 bits per heavy atom. The molecule has 0 saturated carbocycles. The van der Waals surface area contributed by atoms with E-state index in [0.29, 0.717) is 5.56 Å². The Labute approximate surface area is 214 Å². The van der Waals surface area contributed by atoms with E-state index in [9.17, 15) is 30.8 Å². The number of hydrogen-bond acceptors (Lipinski definition) is 6. The van der Waals surface area contributed by atoms with E-state index in [1.165, 1.54) is 6.20 Å². The lowest BCUT2D eigenvalue weighted by molar-refractivity contribution is -0.145. The molecule has 1 amide bonds. The van der Waals surface area contributed by atoms with Crippen LogP contribution in [0.1, 0.15) is 31.7 Å². The number of halogens is 5. The second-order valence-corrected chi connectivity index (χ2v) is 10.8. The maximum absolute atomic E-state index is 13.3. The maximum atomic E-state index is 13.3. The summed E-state index contributed by atoms with van der Waals surface area (Å²) in [5.41, 5.74) is 0.449. The third kappa shape index (κ3) is 5.45. The van der Waals surface area contributed by atoms with Gasteiger partial charge in [0.05, 0.1) is 17.3 Å². The van der Waals surface area contributed by atoms with Gasteiger partial charge in [-0.2, -0.15) is 22.6 Å². The molecule has 198 valence electrons. The van der Waals surface area contributed by atoms with Gasteiger partial charge in [-0.15, -0.1) is 0 Å². The lowest BCUT2D eigenvalue weighted by atomic mass is 10.0. The van der Waals surface area contributed by atoms with Gasteiger partial charge in [-0.05, 0) is 43.5 Å². The number of nitrogens with zero attached hydrogens (tertiary/aromatic N) is 5. The SMILES string of the molecule is C[C@@H]1C[C@@H](C(=O)NCc2cn(-c3cnc(C(F)(F)F)nc3)nc2Cl)N(S(=O)(=O)c2ccc(F)cc2)[C@H]1C. The molecular weight excluding hydrogens is 540 g/mol. The smallest absolute Gasteiger partial charge is 0.350 e. The van der Waals surface area contributed by atoms with Crippen LogP contribution in [0.5, 0.6) is 0 Å². The first-order chi connectivity index (χ1) is 17.3. The van der Waals surface area contributed by atoms with Crippen molar-refractivity contribution in [2.24, 2.45) is 5.92 Å². The summed E-state index contributed by atoms with van der Waals surface area (Å²) in [5, 5.41) is 6.64. The highest BCUT2D eigenvalue weighted by Gasteiger charge is 2.47. The maximum Gasteiger partial charge on any atom is 0.451 e. The average Bonchev–Trinajstić information content (AvgIpc) is 3.36. The molecule has 0 bridgehead atoms. The number of rotatable bonds is 6. The number of carbonyl (C=O) groups excluding carboxylic acids is 1. The summed E-state index contributed by atoms with van der Waals surface area (Å²) < 4.78 is 80.3. The van der Waals surface area contributed by atoms with Gasteiger partial charge in [0.1, 0.15) is 17.5 Å². The third-order valence-corrected chi connectivity index (χ3v) is 8.50. The molecule has 2 aromatic heterocycles. The summed E-state index contributed by atoms with van der Waals surface area (Å²) in [6.45, 7) is 3.41. The summed E-state index contributed by atoms with van der Waals surface area (Å²) in [5.74, 6) is -2.58. The fourth-order valence-corrected chi connectivity index (χ4v) is 6.13. The summed E-state index contributed by atoms with van der Waals surface area (Å²) in [6, 6.07) is 2.86. The molecule has 0 radical (unpaired) electrons. The number of sulfonamides is 1. The number of aromatic nitrogens is 4. The second-order valence-electron chi connectivity index (χ2n) is 8.63. The van der Waals surface area contributed by atoms with Gasteiger partial charge >= 0.3 is 6.18 Å². The monoisotopic (exact) mass is 560 g/mol. The van der Waals surface area contributed by atoms with E-state index < -0.39 is 45.8 Å². The van der Waals surface area contributed by atoms with Crippen LogP contribution in [0.4, 0.5) is 17.6 Å². The Bertz CT molecular complexity index is 1400. The Balaban J connectivity index is 1.50. The predicted octanol–water partition coefficient (Wildman–Crippen LogP) is 3.58. The molecule has 37 heavy (non-hydrogen) atoms. The van der Waals surface area contributed by atoms with Crippen molar-refractivity contribution in [2.75, 3.05) is 0 Å². The van der Waals surface area contributed by atoms with Crippen molar-refractivity contribution in [3.63, 3.8) is 0 Å². The molecule has 1 N–H and O–H groups in total. The van der Waals surface area contributed by atoms with Crippen molar-refractivity contribution in [1.29, 1.82) is 0 Å². The van der Waals surface area contributed by atoms with Gasteiger partial charge < -0.3 is 5.32 Å². The van der Waals surface area contributed by atoms with Crippen molar-refractivity contribution in [3.05, 3.63) is 65.2 Å². The molecule has 1 aliphatic heterocycles. The topological polar surface area (TPSA) is 110 Å². The van der Waals surface area contributed by atoms with Gasteiger partial charge in [0.25, 0.3) is 0 Å². The van der Waals surface area contributed by atoms with Gasteiger partial charge in [-0.1, -0.05) is 18.5 Å². The second kappa shape index (κ2) is 9.99. The lowest BCUT2D eigenvalue weighted by Crippen LogP contribution is -2.48. The van der Waals surface area contributed by atoms with Crippen molar-refractivity contribution in [2.45, 2.75) is 50.0 Å².